The number of aromatic nitrogens is 4. The van der Waals surface area contributed by atoms with Gasteiger partial charge in [-0.15, -0.1) is 0 Å². The highest BCUT2D eigenvalue weighted by atomic mass is 16.1. The Morgan fingerprint density at radius 2 is 2.18 bits per heavy atom. The Kier molecular flexibility index (Phi) is 3.06. The van der Waals surface area contributed by atoms with Crippen molar-refractivity contribution in [3.05, 3.63) is 53.2 Å². The van der Waals surface area contributed by atoms with E-state index in [1.807, 2.05) is 0 Å². The molecule has 5 nitrogen and oxygen atoms in total. The Balaban J connectivity index is 1.71. The summed E-state index contributed by atoms with van der Waals surface area (Å²) in [6.07, 6.45) is 12.0. The molecule has 1 aliphatic carbocycles. The van der Waals surface area contributed by atoms with Crippen molar-refractivity contribution in [1.82, 2.24) is 19.2 Å². The quantitative estimate of drug-likeness (QED) is 0.680. The third-order valence-corrected chi connectivity index (χ3v) is 4.24. The number of carbonyl (C=O) groups is 1. The number of hydrogen-bond acceptors (Lipinski definition) is 3. The van der Waals surface area contributed by atoms with Gasteiger partial charge < -0.3 is 4.40 Å². The molecule has 0 amide bonds. The molecule has 0 saturated heterocycles. The molecule has 0 aliphatic heterocycles. The number of rotatable bonds is 5. The van der Waals surface area contributed by atoms with Crippen LogP contribution >= 0.6 is 0 Å². The first-order chi connectivity index (χ1) is 10.8. The zero-order valence-electron chi connectivity index (χ0n) is 12.6. The summed E-state index contributed by atoms with van der Waals surface area (Å²) in [5, 5.41) is 4.19. The molecule has 5 heteroatoms. The molecule has 112 valence electrons. The number of hydrogen-bond donors (Lipinski definition) is 0. The molecule has 3 aromatic heterocycles. The summed E-state index contributed by atoms with van der Waals surface area (Å²) >= 11 is 0. The minimum absolute atomic E-state index is 0.581. The Morgan fingerprint density at radius 1 is 1.32 bits per heavy atom. The van der Waals surface area contributed by atoms with Crippen LogP contribution in [0.2, 0.25) is 0 Å². The van der Waals surface area contributed by atoms with Crippen molar-refractivity contribution in [3.63, 3.8) is 0 Å². The average Bonchev–Trinajstić information content (AvgIpc) is 3.15. The van der Waals surface area contributed by atoms with Gasteiger partial charge in [-0.1, -0.05) is 13.0 Å². The summed E-state index contributed by atoms with van der Waals surface area (Å²) in [5.74, 6) is 0.738. The largest absolute Gasteiger partial charge is 0.306 e. The molecule has 4 rings (SSSR count). The number of pyridine rings is 1. The van der Waals surface area contributed by atoms with Gasteiger partial charge in [0.25, 0.3) is 0 Å². The number of imidazole rings is 1. The second-order valence-corrected chi connectivity index (χ2v) is 5.98. The van der Waals surface area contributed by atoms with Gasteiger partial charge in [-0.2, -0.15) is 5.10 Å². The van der Waals surface area contributed by atoms with Crippen LogP contribution < -0.4 is 0 Å². The fourth-order valence-electron chi connectivity index (χ4n) is 2.91. The van der Waals surface area contributed by atoms with Gasteiger partial charge >= 0.3 is 0 Å². The molecular formula is C17H18N4O. The van der Waals surface area contributed by atoms with E-state index in [0.29, 0.717) is 12.1 Å². The van der Waals surface area contributed by atoms with Gasteiger partial charge in [0.15, 0.2) is 6.29 Å². The van der Waals surface area contributed by atoms with Gasteiger partial charge in [0, 0.05) is 18.6 Å². The van der Waals surface area contributed by atoms with Crippen LogP contribution in [-0.4, -0.2) is 25.5 Å². The van der Waals surface area contributed by atoms with Gasteiger partial charge in [-0.05, 0) is 36.3 Å². The molecule has 22 heavy (non-hydrogen) atoms. The first kappa shape index (κ1) is 13.2. The van der Waals surface area contributed by atoms with Gasteiger partial charge in [-0.3, -0.25) is 9.48 Å². The molecule has 1 saturated carbocycles. The van der Waals surface area contributed by atoms with Crippen LogP contribution in [-0.2, 0) is 13.0 Å². The van der Waals surface area contributed by atoms with Crippen LogP contribution in [0.3, 0.4) is 0 Å². The average molecular weight is 294 g/mol. The van der Waals surface area contributed by atoms with Gasteiger partial charge in [0.1, 0.15) is 5.65 Å². The summed E-state index contributed by atoms with van der Waals surface area (Å²) < 4.78 is 3.89. The molecule has 0 unspecified atom stereocenters. The first-order valence-electron chi connectivity index (χ1n) is 7.75. The van der Waals surface area contributed by atoms with E-state index >= 15 is 0 Å². The number of aryl methyl sites for hydroxylation is 1. The molecule has 0 atom stereocenters. The second kappa shape index (κ2) is 5.09. The zero-order chi connectivity index (χ0) is 15.1. The van der Waals surface area contributed by atoms with Crippen molar-refractivity contribution in [2.24, 2.45) is 0 Å². The number of aldehydes is 1. The molecular weight excluding hydrogens is 276 g/mol. The summed E-state index contributed by atoms with van der Waals surface area (Å²) in [7, 11) is 0. The topological polar surface area (TPSA) is 52.2 Å². The van der Waals surface area contributed by atoms with Gasteiger partial charge in [-0.25, -0.2) is 4.98 Å². The lowest BCUT2D eigenvalue weighted by molar-refractivity contribution is 0.112. The van der Waals surface area contributed by atoms with Crippen LogP contribution in [0.5, 0.6) is 0 Å². The lowest BCUT2D eigenvalue weighted by Gasteiger charge is -2.05. The predicted molar refractivity (Wildman–Crippen MR) is 83.3 cm³/mol. The summed E-state index contributed by atoms with van der Waals surface area (Å²) in [5.41, 5.74) is 5.31. The van der Waals surface area contributed by atoms with E-state index < -0.39 is 0 Å². The zero-order valence-corrected chi connectivity index (χ0v) is 12.6. The number of nitrogens with zero attached hydrogens (tertiary/aromatic N) is 4. The van der Waals surface area contributed by atoms with Gasteiger partial charge in [0.05, 0.1) is 24.0 Å². The molecule has 1 aliphatic rings. The maximum Gasteiger partial charge on any atom is 0.153 e. The Labute approximate surface area is 128 Å². The first-order valence-corrected chi connectivity index (χ1v) is 7.75. The molecule has 0 spiro atoms. The maximum atomic E-state index is 10.7. The molecule has 3 aromatic rings. The molecule has 0 radical (unpaired) electrons. The van der Waals surface area contributed by atoms with E-state index in [4.69, 9.17) is 4.98 Å². The van der Waals surface area contributed by atoms with Crippen molar-refractivity contribution < 1.29 is 4.79 Å². The monoisotopic (exact) mass is 294 g/mol. The maximum absolute atomic E-state index is 10.7. The highest BCUT2D eigenvalue weighted by molar-refractivity contribution is 5.73. The van der Waals surface area contributed by atoms with Crippen LogP contribution in [0.1, 0.15) is 52.9 Å². The summed E-state index contributed by atoms with van der Waals surface area (Å²) in [4.78, 5) is 15.5. The smallest absolute Gasteiger partial charge is 0.153 e. The molecule has 1 fully saturated rings. The fourth-order valence-corrected chi connectivity index (χ4v) is 2.91. The van der Waals surface area contributed by atoms with Crippen molar-refractivity contribution in [2.45, 2.75) is 38.6 Å². The highest BCUT2D eigenvalue weighted by Gasteiger charge is 2.24. The Bertz CT molecular complexity index is 842. The normalized spacial score (nSPS) is 14.6. The van der Waals surface area contributed by atoms with E-state index in [2.05, 4.69) is 34.9 Å². The van der Waals surface area contributed by atoms with E-state index in [0.717, 1.165) is 30.0 Å². The second-order valence-electron chi connectivity index (χ2n) is 5.98. The summed E-state index contributed by atoms with van der Waals surface area (Å²) in [6.45, 7) is 2.75. The highest BCUT2D eigenvalue weighted by Crippen LogP contribution is 2.40. The Morgan fingerprint density at radius 3 is 2.86 bits per heavy atom. The number of fused-ring (bicyclic) bond motifs is 1. The molecule has 0 bridgehead atoms. The van der Waals surface area contributed by atoms with Crippen LogP contribution in [0, 0.1) is 0 Å². The van der Waals surface area contributed by atoms with Crippen LogP contribution in [0.15, 0.2) is 30.9 Å². The van der Waals surface area contributed by atoms with Crippen molar-refractivity contribution in [3.8, 4) is 0 Å². The van der Waals surface area contributed by atoms with E-state index in [1.54, 1.807) is 17.1 Å². The van der Waals surface area contributed by atoms with Crippen LogP contribution in [0.4, 0.5) is 0 Å². The molecule has 0 N–H and O–H groups in total. The SMILES string of the molecule is CCc1cc(C2CC2)cn2cc(Cn3cc(C=O)cn3)nc12. The fraction of sp³-hybridized carbons (Fsp3) is 0.353. The minimum atomic E-state index is 0.581. The van der Waals surface area contributed by atoms with E-state index in [1.165, 1.54) is 24.0 Å². The standard InChI is InChI=1S/C17H18N4O/c1-2-13-5-15(14-3-4-14)8-20-9-16(19-17(13)20)10-21-7-12(11-22)6-18-21/h5-9,11,14H,2-4,10H2,1H3. The van der Waals surface area contributed by atoms with Crippen molar-refractivity contribution in [1.29, 1.82) is 0 Å². The number of carbonyl (C=O) groups excluding carboxylic acids is 1. The molecule has 3 heterocycles. The minimum Gasteiger partial charge on any atom is -0.306 e. The van der Waals surface area contributed by atoms with Crippen molar-refractivity contribution >= 4 is 11.9 Å². The van der Waals surface area contributed by atoms with Gasteiger partial charge in [0.2, 0.25) is 0 Å². The Hall–Kier alpha value is -2.43. The van der Waals surface area contributed by atoms with Crippen molar-refractivity contribution in [2.75, 3.05) is 0 Å². The lowest BCUT2D eigenvalue weighted by Crippen LogP contribution is -1.99. The third kappa shape index (κ3) is 2.32. The molecule has 0 aromatic carbocycles. The summed E-state index contributed by atoms with van der Waals surface area (Å²) in [6, 6.07) is 2.31. The van der Waals surface area contributed by atoms with E-state index in [-0.39, 0.29) is 0 Å². The lowest BCUT2D eigenvalue weighted by atomic mass is 10.1. The third-order valence-electron chi connectivity index (χ3n) is 4.24. The van der Waals surface area contributed by atoms with E-state index in [9.17, 15) is 4.79 Å². The van der Waals surface area contributed by atoms with Crippen LogP contribution in [0.25, 0.3) is 5.65 Å². The predicted octanol–water partition coefficient (Wildman–Crippen LogP) is 2.83.